The van der Waals surface area contributed by atoms with Crippen LogP contribution in [0.1, 0.15) is 45.2 Å². The molecule has 1 aromatic heterocycles. The molecule has 0 radical (unpaired) electrons. The highest BCUT2D eigenvalue weighted by Crippen LogP contribution is 2.33. The van der Waals surface area contributed by atoms with Crippen LogP contribution in [0, 0.1) is 34.6 Å². The minimum absolute atomic E-state index is 0.601. The van der Waals surface area contributed by atoms with Crippen molar-refractivity contribution in [3.8, 4) is 0 Å². The minimum Gasteiger partial charge on any atom is -0.466 e. The first-order valence-electron chi connectivity index (χ1n) is 6.23. The molecular weight excluding hydrogens is 224 g/mol. The Kier molecular flexibility index (Phi) is 3.31. The summed E-state index contributed by atoms with van der Waals surface area (Å²) in [6, 6.07) is 3.62. The van der Waals surface area contributed by atoms with E-state index >= 15 is 0 Å². The third-order valence-corrected chi connectivity index (χ3v) is 4.14. The monoisotopic (exact) mass is 244 g/mol. The third kappa shape index (κ3) is 1.87. The highest BCUT2D eigenvalue weighted by Gasteiger charge is 2.21. The molecule has 0 aliphatic heterocycles. The van der Waals surface area contributed by atoms with Gasteiger partial charge in [-0.3, -0.25) is 0 Å². The number of aliphatic hydroxyl groups is 1. The van der Waals surface area contributed by atoms with Gasteiger partial charge in [0, 0.05) is 0 Å². The van der Waals surface area contributed by atoms with Gasteiger partial charge >= 0.3 is 0 Å². The van der Waals surface area contributed by atoms with Gasteiger partial charge in [-0.1, -0.05) is 0 Å². The molecule has 18 heavy (non-hydrogen) atoms. The number of furan rings is 1. The molecule has 2 aromatic rings. The van der Waals surface area contributed by atoms with Crippen LogP contribution < -0.4 is 0 Å². The molecule has 96 valence electrons. The fourth-order valence-corrected chi connectivity index (χ4v) is 2.53. The lowest BCUT2D eigenvalue weighted by atomic mass is 9.86. The molecule has 0 saturated carbocycles. The quantitative estimate of drug-likeness (QED) is 0.869. The van der Waals surface area contributed by atoms with Crippen molar-refractivity contribution >= 4 is 0 Å². The molecule has 0 spiro atoms. The van der Waals surface area contributed by atoms with Crippen molar-refractivity contribution in [3.63, 3.8) is 0 Å². The van der Waals surface area contributed by atoms with Crippen LogP contribution in [0.25, 0.3) is 0 Å². The number of benzene rings is 1. The zero-order valence-electron chi connectivity index (χ0n) is 11.7. The summed E-state index contributed by atoms with van der Waals surface area (Å²) < 4.78 is 5.32. The molecule has 1 heterocycles. The van der Waals surface area contributed by atoms with Crippen molar-refractivity contribution in [1.29, 1.82) is 0 Å². The summed E-state index contributed by atoms with van der Waals surface area (Å²) in [4.78, 5) is 0. The highest BCUT2D eigenvalue weighted by molar-refractivity contribution is 5.51. The molecule has 1 atom stereocenters. The molecule has 2 nitrogen and oxygen atoms in total. The molecule has 0 aliphatic carbocycles. The Morgan fingerprint density at radius 1 is 0.889 bits per heavy atom. The Morgan fingerprint density at radius 3 is 1.83 bits per heavy atom. The standard InChI is InChI=1S/C16H20O2/c1-9-10(2)12(4)15(13(5)11(9)3)16(17)14-7-6-8-18-14/h6-8,16-17H,1-5H3. The fraction of sp³-hybridized carbons (Fsp3) is 0.375. The van der Waals surface area contributed by atoms with E-state index in [0.717, 1.165) is 16.7 Å². The minimum atomic E-state index is -0.682. The average Bonchev–Trinajstić information content (AvgIpc) is 2.88. The number of hydrogen-bond acceptors (Lipinski definition) is 2. The van der Waals surface area contributed by atoms with Crippen molar-refractivity contribution in [1.82, 2.24) is 0 Å². The summed E-state index contributed by atoms with van der Waals surface area (Å²) in [6.45, 7) is 10.5. The zero-order valence-corrected chi connectivity index (χ0v) is 11.7. The number of hydrogen-bond donors (Lipinski definition) is 1. The van der Waals surface area contributed by atoms with Crippen LogP contribution in [0.4, 0.5) is 0 Å². The predicted molar refractivity (Wildman–Crippen MR) is 72.9 cm³/mol. The Labute approximate surface area is 108 Å². The van der Waals surface area contributed by atoms with Crippen LogP contribution in [0.5, 0.6) is 0 Å². The summed E-state index contributed by atoms with van der Waals surface area (Å²) in [6.07, 6.45) is 0.912. The second kappa shape index (κ2) is 4.62. The van der Waals surface area contributed by atoms with Crippen molar-refractivity contribution in [2.75, 3.05) is 0 Å². The second-order valence-electron chi connectivity index (χ2n) is 4.96. The van der Waals surface area contributed by atoms with Crippen LogP contribution in [-0.4, -0.2) is 5.11 Å². The third-order valence-electron chi connectivity index (χ3n) is 4.14. The van der Waals surface area contributed by atoms with Gasteiger partial charge in [-0.2, -0.15) is 0 Å². The maximum absolute atomic E-state index is 10.5. The molecule has 1 aromatic carbocycles. The molecule has 0 amide bonds. The van der Waals surface area contributed by atoms with Crippen molar-refractivity contribution in [2.24, 2.45) is 0 Å². The van der Waals surface area contributed by atoms with Crippen LogP contribution in [-0.2, 0) is 0 Å². The van der Waals surface area contributed by atoms with Crippen LogP contribution in [0.3, 0.4) is 0 Å². The topological polar surface area (TPSA) is 33.4 Å². The first-order chi connectivity index (χ1) is 8.45. The SMILES string of the molecule is Cc1c(C)c(C)c(C(O)c2ccco2)c(C)c1C. The van der Waals surface area contributed by atoms with E-state index in [-0.39, 0.29) is 0 Å². The van der Waals surface area contributed by atoms with Crippen LogP contribution >= 0.6 is 0 Å². The molecule has 1 N–H and O–H groups in total. The second-order valence-corrected chi connectivity index (χ2v) is 4.96. The Hall–Kier alpha value is -1.54. The van der Waals surface area contributed by atoms with Gasteiger partial charge in [0.25, 0.3) is 0 Å². The molecule has 2 rings (SSSR count). The Morgan fingerprint density at radius 2 is 1.39 bits per heavy atom. The van der Waals surface area contributed by atoms with Crippen molar-refractivity contribution in [3.05, 3.63) is 57.5 Å². The summed E-state index contributed by atoms with van der Waals surface area (Å²) in [5.41, 5.74) is 7.09. The maximum atomic E-state index is 10.5. The van der Waals surface area contributed by atoms with E-state index < -0.39 is 6.10 Å². The van der Waals surface area contributed by atoms with Gasteiger partial charge in [0.1, 0.15) is 11.9 Å². The first kappa shape index (κ1) is 12.9. The molecule has 0 bridgehead atoms. The van der Waals surface area contributed by atoms with E-state index in [9.17, 15) is 5.11 Å². The lowest BCUT2D eigenvalue weighted by Gasteiger charge is -2.21. The summed E-state index contributed by atoms with van der Waals surface area (Å²) in [5.74, 6) is 0.601. The van der Waals surface area contributed by atoms with Gasteiger partial charge in [-0.05, 0) is 80.1 Å². The molecular formula is C16H20O2. The van der Waals surface area contributed by atoms with Gasteiger partial charge in [0.2, 0.25) is 0 Å². The largest absolute Gasteiger partial charge is 0.466 e. The van der Waals surface area contributed by atoms with Gasteiger partial charge in [0.15, 0.2) is 0 Å². The predicted octanol–water partition coefficient (Wildman–Crippen LogP) is 3.90. The van der Waals surface area contributed by atoms with Crippen molar-refractivity contribution in [2.45, 2.75) is 40.7 Å². The normalized spacial score (nSPS) is 12.8. The lowest BCUT2D eigenvalue weighted by Crippen LogP contribution is -2.08. The molecule has 0 saturated heterocycles. The first-order valence-corrected chi connectivity index (χ1v) is 6.23. The van der Waals surface area contributed by atoms with E-state index in [0.29, 0.717) is 5.76 Å². The van der Waals surface area contributed by atoms with E-state index in [1.807, 2.05) is 6.07 Å². The van der Waals surface area contributed by atoms with Gasteiger partial charge in [-0.15, -0.1) is 0 Å². The summed E-state index contributed by atoms with van der Waals surface area (Å²) in [7, 11) is 0. The van der Waals surface area contributed by atoms with E-state index in [1.165, 1.54) is 16.7 Å². The fourth-order valence-electron chi connectivity index (χ4n) is 2.53. The maximum Gasteiger partial charge on any atom is 0.137 e. The smallest absolute Gasteiger partial charge is 0.137 e. The van der Waals surface area contributed by atoms with Gasteiger partial charge in [-0.25, -0.2) is 0 Å². The zero-order chi connectivity index (χ0) is 13.4. The lowest BCUT2D eigenvalue weighted by molar-refractivity contribution is 0.188. The van der Waals surface area contributed by atoms with E-state index in [2.05, 4.69) is 34.6 Å². The average molecular weight is 244 g/mol. The molecule has 0 fully saturated rings. The van der Waals surface area contributed by atoms with E-state index in [1.54, 1.807) is 12.3 Å². The molecule has 0 aliphatic rings. The molecule has 1 unspecified atom stereocenters. The van der Waals surface area contributed by atoms with Gasteiger partial charge < -0.3 is 9.52 Å². The number of aliphatic hydroxyl groups excluding tert-OH is 1. The number of rotatable bonds is 2. The van der Waals surface area contributed by atoms with Crippen molar-refractivity contribution < 1.29 is 9.52 Å². The van der Waals surface area contributed by atoms with Crippen LogP contribution in [0.15, 0.2) is 22.8 Å². The van der Waals surface area contributed by atoms with Crippen LogP contribution in [0.2, 0.25) is 0 Å². The molecule has 2 heteroatoms. The van der Waals surface area contributed by atoms with Gasteiger partial charge in [0.05, 0.1) is 6.26 Å². The van der Waals surface area contributed by atoms with E-state index in [4.69, 9.17) is 4.42 Å². The highest BCUT2D eigenvalue weighted by atomic mass is 16.4. The summed E-state index contributed by atoms with van der Waals surface area (Å²) >= 11 is 0. The Balaban J connectivity index is 2.65. The summed E-state index contributed by atoms with van der Waals surface area (Å²) in [5, 5.41) is 10.5. The Bertz CT molecular complexity index is 536.